The van der Waals surface area contributed by atoms with Gasteiger partial charge in [0.15, 0.2) is 0 Å². The van der Waals surface area contributed by atoms with Gasteiger partial charge in [-0.1, -0.05) is 31.4 Å². The van der Waals surface area contributed by atoms with E-state index in [0.29, 0.717) is 0 Å². The van der Waals surface area contributed by atoms with E-state index < -0.39 is 0 Å². The van der Waals surface area contributed by atoms with E-state index in [0.717, 1.165) is 34.8 Å². The van der Waals surface area contributed by atoms with Crippen LogP contribution >= 0.6 is 22.6 Å². The summed E-state index contributed by atoms with van der Waals surface area (Å²) in [6.45, 7) is 0. The van der Waals surface area contributed by atoms with Crippen molar-refractivity contribution in [2.24, 2.45) is 0 Å². The molecule has 1 saturated carbocycles. The van der Waals surface area contributed by atoms with E-state index >= 15 is 0 Å². The molecule has 1 aliphatic carbocycles. The minimum Gasteiger partial charge on any atom is -0.349 e. The maximum absolute atomic E-state index is 12.1. The number of hydrogen-bond acceptors (Lipinski definition) is 2. The molecule has 0 heterocycles. The van der Waals surface area contributed by atoms with Crippen molar-refractivity contribution < 1.29 is 4.79 Å². The highest BCUT2D eigenvalue weighted by Gasteiger charge is 2.17. The first-order chi connectivity index (χ1) is 9.69. The van der Waals surface area contributed by atoms with Crippen LogP contribution in [0.1, 0.15) is 37.7 Å². The molecule has 1 aromatic carbocycles. The van der Waals surface area contributed by atoms with Gasteiger partial charge in [0.1, 0.15) is 11.6 Å². The minimum absolute atomic E-state index is 0.178. The normalized spacial score (nSPS) is 16.5. The molecule has 1 N–H and O–H groups in total. The molecule has 1 amide bonds. The number of rotatable bonds is 3. The van der Waals surface area contributed by atoms with E-state index in [2.05, 4.69) is 27.9 Å². The van der Waals surface area contributed by atoms with Gasteiger partial charge in [0, 0.05) is 9.61 Å². The predicted molar refractivity (Wildman–Crippen MR) is 87.8 cm³/mol. The van der Waals surface area contributed by atoms with E-state index in [9.17, 15) is 4.79 Å². The Hall–Kier alpha value is -1.35. The van der Waals surface area contributed by atoms with Crippen LogP contribution in [0.15, 0.2) is 29.8 Å². The van der Waals surface area contributed by atoms with Gasteiger partial charge in [0.05, 0.1) is 0 Å². The minimum atomic E-state index is -0.252. The fourth-order valence-corrected chi connectivity index (χ4v) is 2.74. The molecule has 4 heteroatoms. The summed E-state index contributed by atoms with van der Waals surface area (Å²) in [5, 5.41) is 12.1. The SMILES string of the molecule is N#C/C(=C\c1ccc(I)cc1)C(=O)NC1CCCCC1. The molecule has 2 rings (SSSR count). The summed E-state index contributed by atoms with van der Waals surface area (Å²) in [6.07, 6.45) is 7.26. The lowest BCUT2D eigenvalue weighted by molar-refractivity contribution is -0.117. The number of carbonyl (C=O) groups is 1. The van der Waals surface area contributed by atoms with Crippen molar-refractivity contribution in [3.05, 3.63) is 39.0 Å². The number of hydrogen-bond donors (Lipinski definition) is 1. The quantitative estimate of drug-likeness (QED) is 0.495. The first-order valence-electron chi connectivity index (χ1n) is 6.87. The average Bonchev–Trinajstić information content (AvgIpc) is 2.47. The fourth-order valence-electron chi connectivity index (χ4n) is 2.38. The molecule has 0 bridgehead atoms. The first-order valence-corrected chi connectivity index (χ1v) is 7.95. The smallest absolute Gasteiger partial charge is 0.262 e. The molecule has 1 fully saturated rings. The Labute approximate surface area is 133 Å². The monoisotopic (exact) mass is 380 g/mol. The van der Waals surface area contributed by atoms with Crippen LogP contribution in [0.3, 0.4) is 0 Å². The van der Waals surface area contributed by atoms with Crippen molar-refractivity contribution in [1.29, 1.82) is 5.26 Å². The lowest BCUT2D eigenvalue weighted by atomic mass is 9.95. The number of amides is 1. The summed E-state index contributed by atoms with van der Waals surface area (Å²) in [6, 6.07) is 9.97. The molecule has 0 radical (unpaired) electrons. The molecule has 1 aliphatic rings. The molecular formula is C16H17IN2O. The van der Waals surface area contributed by atoms with Crippen LogP contribution in [0.5, 0.6) is 0 Å². The topological polar surface area (TPSA) is 52.9 Å². The van der Waals surface area contributed by atoms with Crippen LogP contribution in [0, 0.1) is 14.9 Å². The maximum Gasteiger partial charge on any atom is 0.262 e. The molecule has 0 atom stereocenters. The molecule has 1 aromatic rings. The van der Waals surface area contributed by atoms with Gasteiger partial charge in [-0.15, -0.1) is 0 Å². The summed E-state index contributed by atoms with van der Waals surface area (Å²) in [5.74, 6) is -0.252. The second-order valence-corrected chi connectivity index (χ2v) is 6.28. The Morgan fingerprint density at radius 1 is 1.25 bits per heavy atom. The molecule has 3 nitrogen and oxygen atoms in total. The zero-order chi connectivity index (χ0) is 14.4. The zero-order valence-corrected chi connectivity index (χ0v) is 13.4. The number of nitrogens with one attached hydrogen (secondary N) is 1. The third-order valence-corrected chi connectivity index (χ3v) is 4.21. The van der Waals surface area contributed by atoms with Gasteiger partial charge >= 0.3 is 0 Å². The van der Waals surface area contributed by atoms with E-state index in [1.54, 1.807) is 6.08 Å². The average molecular weight is 380 g/mol. The standard InChI is InChI=1S/C16H17IN2O/c17-14-8-6-12(7-9-14)10-13(11-18)16(20)19-15-4-2-1-3-5-15/h6-10,15H,1-5H2,(H,19,20)/b13-10+. The maximum atomic E-state index is 12.1. The summed E-state index contributed by atoms with van der Waals surface area (Å²) in [4.78, 5) is 12.1. The van der Waals surface area contributed by atoms with Crippen LogP contribution in [-0.4, -0.2) is 11.9 Å². The molecular weight excluding hydrogens is 363 g/mol. The van der Waals surface area contributed by atoms with Gasteiger partial charge in [-0.2, -0.15) is 5.26 Å². The van der Waals surface area contributed by atoms with Crippen molar-refractivity contribution in [2.45, 2.75) is 38.1 Å². The third-order valence-electron chi connectivity index (χ3n) is 3.49. The molecule has 0 saturated heterocycles. The van der Waals surface area contributed by atoms with Crippen molar-refractivity contribution in [3.8, 4) is 6.07 Å². The summed E-state index contributed by atoms with van der Waals surface area (Å²) >= 11 is 2.22. The van der Waals surface area contributed by atoms with Crippen molar-refractivity contribution >= 4 is 34.6 Å². The van der Waals surface area contributed by atoms with Gasteiger partial charge in [0.2, 0.25) is 0 Å². The molecule has 0 aliphatic heterocycles. The van der Waals surface area contributed by atoms with Crippen LogP contribution in [0.2, 0.25) is 0 Å². The van der Waals surface area contributed by atoms with E-state index in [1.165, 1.54) is 6.42 Å². The predicted octanol–water partition coefficient (Wildman–Crippen LogP) is 3.65. The summed E-state index contributed by atoms with van der Waals surface area (Å²) in [5.41, 5.74) is 1.05. The molecule has 104 valence electrons. The number of nitrogens with zero attached hydrogens (tertiary/aromatic N) is 1. The number of nitriles is 1. The van der Waals surface area contributed by atoms with Gasteiger partial charge in [0.25, 0.3) is 5.91 Å². The Morgan fingerprint density at radius 2 is 1.90 bits per heavy atom. The van der Waals surface area contributed by atoms with E-state index in [-0.39, 0.29) is 17.5 Å². The van der Waals surface area contributed by atoms with Crippen molar-refractivity contribution in [3.63, 3.8) is 0 Å². The first kappa shape index (κ1) is 15.0. The highest BCUT2D eigenvalue weighted by atomic mass is 127. The zero-order valence-electron chi connectivity index (χ0n) is 11.2. The van der Waals surface area contributed by atoms with Crippen LogP contribution in [-0.2, 0) is 4.79 Å². The number of carbonyl (C=O) groups excluding carboxylic acids is 1. The molecule has 0 unspecified atom stereocenters. The van der Waals surface area contributed by atoms with E-state index in [4.69, 9.17) is 5.26 Å². The van der Waals surface area contributed by atoms with Crippen LogP contribution < -0.4 is 5.32 Å². The van der Waals surface area contributed by atoms with Gasteiger partial charge in [-0.05, 0) is 59.2 Å². The lowest BCUT2D eigenvalue weighted by Crippen LogP contribution is -2.36. The number of benzene rings is 1. The molecule has 20 heavy (non-hydrogen) atoms. The highest BCUT2D eigenvalue weighted by Crippen LogP contribution is 2.18. The van der Waals surface area contributed by atoms with Crippen LogP contribution in [0.4, 0.5) is 0 Å². The number of halogens is 1. The summed E-state index contributed by atoms with van der Waals surface area (Å²) in [7, 11) is 0. The highest BCUT2D eigenvalue weighted by molar-refractivity contribution is 14.1. The van der Waals surface area contributed by atoms with Crippen molar-refractivity contribution in [2.75, 3.05) is 0 Å². The van der Waals surface area contributed by atoms with E-state index in [1.807, 2.05) is 30.3 Å². The lowest BCUT2D eigenvalue weighted by Gasteiger charge is -2.22. The van der Waals surface area contributed by atoms with Gasteiger partial charge in [-0.25, -0.2) is 0 Å². The Kier molecular flexibility index (Phi) is 5.60. The van der Waals surface area contributed by atoms with Crippen LogP contribution in [0.25, 0.3) is 6.08 Å². The second-order valence-electron chi connectivity index (χ2n) is 5.03. The Bertz CT molecular complexity index is 537. The van der Waals surface area contributed by atoms with Crippen molar-refractivity contribution in [1.82, 2.24) is 5.32 Å². The molecule has 0 spiro atoms. The largest absolute Gasteiger partial charge is 0.349 e. The summed E-state index contributed by atoms with van der Waals surface area (Å²) < 4.78 is 1.13. The second kappa shape index (κ2) is 7.44. The van der Waals surface area contributed by atoms with Gasteiger partial charge in [-0.3, -0.25) is 4.79 Å². The Balaban J connectivity index is 2.05. The Morgan fingerprint density at radius 3 is 2.50 bits per heavy atom. The molecule has 0 aromatic heterocycles. The fraction of sp³-hybridized carbons (Fsp3) is 0.375. The third kappa shape index (κ3) is 4.34. The van der Waals surface area contributed by atoms with Gasteiger partial charge < -0.3 is 5.32 Å².